The first-order valence-electron chi connectivity index (χ1n) is 8.94. The number of aryl methyl sites for hydroxylation is 2. The van der Waals surface area contributed by atoms with Crippen molar-refractivity contribution in [2.45, 2.75) is 44.9 Å². The topological polar surface area (TPSA) is 75.3 Å². The average molecular weight is 375 g/mol. The van der Waals surface area contributed by atoms with Crippen LogP contribution in [0, 0.1) is 0 Å². The van der Waals surface area contributed by atoms with Crippen LogP contribution in [-0.2, 0) is 22.9 Å². The summed E-state index contributed by atoms with van der Waals surface area (Å²) in [5.74, 6) is -0.201. The van der Waals surface area contributed by atoms with Crippen LogP contribution in [0.15, 0.2) is 47.4 Å². The number of amides is 1. The maximum atomic E-state index is 12.8. The first-order chi connectivity index (χ1) is 12.4. The van der Waals surface area contributed by atoms with E-state index in [1.165, 1.54) is 24.3 Å². The molecule has 0 aliphatic carbocycles. The zero-order chi connectivity index (χ0) is 19.2. The summed E-state index contributed by atoms with van der Waals surface area (Å²) in [4.78, 5) is 12.1. The second-order valence-electron chi connectivity index (χ2n) is 6.04. The molecule has 0 spiro atoms. The minimum atomic E-state index is -3.72. The third-order valence-electron chi connectivity index (χ3n) is 4.20. The van der Waals surface area contributed by atoms with Crippen molar-refractivity contribution in [2.24, 2.45) is 0 Å². The largest absolute Gasteiger partial charge is 0.352 e. The lowest BCUT2D eigenvalue weighted by atomic mass is 10.0. The minimum absolute atomic E-state index is 0.137. The van der Waals surface area contributed by atoms with Crippen LogP contribution in [0.25, 0.3) is 0 Å². The van der Waals surface area contributed by atoms with E-state index in [9.17, 15) is 13.2 Å². The molecular formula is C20H26N2O3S. The van der Waals surface area contributed by atoms with Crippen molar-refractivity contribution in [1.82, 2.24) is 5.32 Å². The molecule has 0 saturated carbocycles. The van der Waals surface area contributed by atoms with E-state index in [1.54, 1.807) is 0 Å². The molecule has 0 atom stereocenters. The van der Waals surface area contributed by atoms with Crippen LogP contribution >= 0.6 is 0 Å². The van der Waals surface area contributed by atoms with Crippen LogP contribution in [-0.4, -0.2) is 20.9 Å². The molecular weight excluding hydrogens is 348 g/mol. The number of sulfonamides is 1. The van der Waals surface area contributed by atoms with E-state index < -0.39 is 10.0 Å². The Morgan fingerprint density at radius 3 is 2.00 bits per heavy atom. The Bertz CT molecular complexity index is 837. The normalized spacial score (nSPS) is 11.2. The third kappa shape index (κ3) is 4.64. The van der Waals surface area contributed by atoms with E-state index in [0.717, 1.165) is 30.4 Å². The van der Waals surface area contributed by atoms with Crippen molar-refractivity contribution in [1.29, 1.82) is 0 Å². The first-order valence-corrected chi connectivity index (χ1v) is 10.4. The molecule has 0 heterocycles. The highest BCUT2D eigenvalue weighted by molar-refractivity contribution is 7.92. The number of rotatable bonds is 8. The number of nitrogens with one attached hydrogen (secondary N) is 2. The number of para-hydroxylation sites is 1. The molecule has 0 saturated heterocycles. The van der Waals surface area contributed by atoms with E-state index in [0.29, 0.717) is 17.8 Å². The minimum Gasteiger partial charge on any atom is -0.352 e. The van der Waals surface area contributed by atoms with Crippen LogP contribution in [0.5, 0.6) is 0 Å². The van der Waals surface area contributed by atoms with Crippen molar-refractivity contribution < 1.29 is 13.2 Å². The maximum absolute atomic E-state index is 12.8. The molecule has 0 aromatic heterocycles. The molecule has 140 valence electrons. The summed E-state index contributed by atoms with van der Waals surface area (Å²) in [6, 6.07) is 11.8. The predicted molar refractivity (Wildman–Crippen MR) is 105 cm³/mol. The van der Waals surface area contributed by atoms with Gasteiger partial charge in [-0.1, -0.05) is 39.0 Å². The van der Waals surface area contributed by atoms with Gasteiger partial charge in [0.1, 0.15) is 0 Å². The fraction of sp³-hybridized carbons (Fsp3) is 0.350. The van der Waals surface area contributed by atoms with Crippen LogP contribution in [0.2, 0.25) is 0 Å². The summed E-state index contributed by atoms with van der Waals surface area (Å²) in [6.45, 7) is 6.56. The molecule has 26 heavy (non-hydrogen) atoms. The van der Waals surface area contributed by atoms with Gasteiger partial charge in [-0.25, -0.2) is 8.42 Å². The second-order valence-corrected chi connectivity index (χ2v) is 7.73. The summed E-state index contributed by atoms with van der Waals surface area (Å²) in [6.07, 6.45) is 2.32. The quantitative estimate of drug-likeness (QED) is 0.739. The molecule has 0 fully saturated rings. The Balaban J connectivity index is 2.27. The standard InChI is InChI=1S/C20H26N2O3S/c1-4-14-21-20(23)17-10-12-18(13-11-17)26(24,25)22-19-15(5-2)8-7-9-16(19)6-3/h7-13,22H,4-6,14H2,1-3H3,(H,21,23). The van der Waals surface area contributed by atoms with Crippen LogP contribution in [0.3, 0.4) is 0 Å². The summed E-state index contributed by atoms with van der Waals surface area (Å²) in [5, 5.41) is 2.77. The Labute approximate surface area is 155 Å². The number of hydrogen-bond acceptors (Lipinski definition) is 3. The summed E-state index contributed by atoms with van der Waals surface area (Å²) in [5.41, 5.74) is 3.02. The first kappa shape index (κ1) is 20.0. The second kappa shape index (κ2) is 8.85. The highest BCUT2D eigenvalue weighted by Crippen LogP contribution is 2.25. The van der Waals surface area contributed by atoms with Crippen molar-refractivity contribution >= 4 is 21.6 Å². The molecule has 2 aromatic rings. The monoisotopic (exact) mass is 374 g/mol. The Morgan fingerprint density at radius 1 is 0.923 bits per heavy atom. The fourth-order valence-corrected chi connectivity index (χ4v) is 3.84. The van der Waals surface area contributed by atoms with Crippen molar-refractivity contribution in [3.05, 3.63) is 59.2 Å². The van der Waals surface area contributed by atoms with Gasteiger partial charge in [0, 0.05) is 12.1 Å². The van der Waals surface area contributed by atoms with E-state index in [2.05, 4.69) is 10.0 Å². The van der Waals surface area contributed by atoms with Gasteiger partial charge in [0.2, 0.25) is 0 Å². The maximum Gasteiger partial charge on any atom is 0.261 e. The lowest BCUT2D eigenvalue weighted by Crippen LogP contribution is -2.24. The van der Waals surface area contributed by atoms with Crippen LogP contribution < -0.4 is 10.0 Å². The van der Waals surface area contributed by atoms with Gasteiger partial charge >= 0.3 is 0 Å². The van der Waals surface area contributed by atoms with Gasteiger partial charge in [-0.15, -0.1) is 0 Å². The van der Waals surface area contributed by atoms with Gasteiger partial charge in [-0.05, 0) is 54.7 Å². The van der Waals surface area contributed by atoms with Gasteiger partial charge < -0.3 is 5.32 Å². The third-order valence-corrected chi connectivity index (χ3v) is 5.56. The average Bonchev–Trinajstić information content (AvgIpc) is 2.66. The van der Waals surface area contributed by atoms with Crippen molar-refractivity contribution in [3.63, 3.8) is 0 Å². The van der Waals surface area contributed by atoms with Gasteiger partial charge in [0.05, 0.1) is 10.6 Å². The summed E-state index contributed by atoms with van der Waals surface area (Å²) in [7, 11) is -3.72. The predicted octanol–water partition coefficient (Wildman–Crippen LogP) is 3.75. The Morgan fingerprint density at radius 2 is 1.50 bits per heavy atom. The lowest BCUT2D eigenvalue weighted by molar-refractivity contribution is 0.0953. The van der Waals surface area contributed by atoms with Crippen LogP contribution in [0.1, 0.15) is 48.7 Å². The number of carbonyl (C=O) groups is 1. The van der Waals surface area contributed by atoms with E-state index in [4.69, 9.17) is 0 Å². The Kier molecular flexibility index (Phi) is 6.80. The van der Waals surface area contributed by atoms with E-state index in [1.807, 2.05) is 39.0 Å². The van der Waals surface area contributed by atoms with E-state index in [-0.39, 0.29) is 10.8 Å². The molecule has 0 radical (unpaired) electrons. The van der Waals surface area contributed by atoms with E-state index >= 15 is 0 Å². The molecule has 5 nitrogen and oxygen atoms in total. The summed E-state index contributed by atoms with van der Waals surface area (Å²) < 4.78 is 28.3. The molecule has 0 aliphatic rings. The SMILES string of the molecule is CCCNC(=O)c1ccc(S(=O)(=O)Nc2c(CC)cccc2CC)cc1. The number of benzene rings is 2. The van der Waals surface area contributed by atoms with Gasteiger partial charge in [0.15, 0.2) is 0 Å². The molecule has 0 bridgehead atoms. The smallest absolute Gasteiger partial charge is 0.261 e. The lowest BCUT2D eigenvalue weighted by Gasteiger charge is -2.16. The zero-order valence-electron chi connectivity index (χ0n) is 15.5. The summed E-state index contributed by atoms with van der Waals surface area (Å²) >= 11 is 0. The van der Waals surface area contributed by atoms with Gasteiger partial charge in [-0.2, -0.15) is 0 Å². The van der Waals surface area contributed by atoms with Gasteiger partial charge in [-0.3, -0.25) is 9.52 Å². The molecule has 2 rings (SSSR count). The number of hydrogen-bond donors (Lipinski definition) is 2. The molecule has 2 N–H and O–H groups in total. The fourth-order valence-electron chi connectivity index (χ4n) is 2.69. The van der Waals surface area contributed by atoms with Gasteiger partial charge in [0.25, 0.3) is 15.9 Å². The highest BCUT2D eigenvalue weighted by atomic mass is 32.2. The zero-order valence-corrected chi connectivity index (χ0v) is 16.3. The Hall–Kier alpha value is -2.34. The van der Waals surface area contributed by atoms with Crippen LogP contribution in [0.4, 0.5) is 5.69 Å². The van der Waals surface area contributed by atoms with Crippen molar-refractivity contribution in [3.8, 4) is 0 Å². The van der Waals surface area contributed by atoms with Crippen molar-refractivity contribution in [2.75, 3.05) is 11.3 Å². The number of carbonyl (C=O) groups excluding carboxylic acids is 1. The molecule has 0 unspecified atom stereocenters. The molecule has 1 amide bonds. The molecule has 6 heteroatoms. The molecule has 0 aliphatic heterocycles. The highest BCUT2D eigenvalue weighted by Gasteiger charge is 2.18. The molecule has 2 aromatic carbocycles. The number of anilines is 1.